The maximum absolute atomic E-state index is 13.5. The van der Waals surface area contributed by atoms with Crippen molar-refractivity contribution in [2.75, 3.05) is 13.7 Å². The number of hydrogen-bond donors (Lipinski definition) is 2. The van der Waals surface area contributed by atoms with Gasteiger partial charge in [-0.3, -0.25) is 19.7 Å². The van der Waals surface area contributed by atoms with Crippen LogP contribution in [-0.2, 0) is 16.0 Å². The topological polar surface area (TPSA) is 126 Å². The minimum atomic E-state index is -0.999. The molecule has 9 nitrogen and oxygen atoms in total. The third-order valence-electron chi connectivity index (χ3n) is 6.67. The molecule has 3 aromatic carbocycles. The van der Waals surface area contributed by atoms with Crippen LogP contribution in [0.4, 0.5) is 10.1 Å². The molecule has 0 radical (unpaired) electrons. The standard InChI is InChI=1S/C28H22FN3O6/c1-38-21-10-11-23-22(14-21)18(15-30-23)12-13-31-25(16-4-8-20(9-5-16)32(36)37)24(27(34)28(31)35)26(33)17-2-6-19(29)7-3-17/h2-11,14-15,25,30,33H,12-13H2,1H3/t25-/m0/s1. The number of hydrogen-bond acceptors (Lipinski definition) is 6. The molecule has 38 heavy (non-hydrogen) atoms. The lowest BCUT2D eigenvalue weighted by Gasteiger charge is -2.25. The van der Waals surface area contributed by atoms with Gasteiger partial charge in [-0.05, 0) is 72.1 Å². The second-order valence-electron chi connectivity index (χ2n) is 8.82. The van der Waals surface area contributed by atoms with E-state index in [1.807, 2.05) is 24.4 Å². The first-order valence-electron chi connectivity index (χ1n) is 11.7. The average molecular weight is 515 g/mol. The number of H-pyrrole nitrogens is 1. The number of aromatic amines is 1. The van der Waals surface area contributed by atoms with Crippen molar-refractivity contribution >= 4 is 34.0 Å². The molecule has 1 fully saturated rings. The fourth-order valence-electron chi connectivity index (χ4n) is 4.73. The number of Topliss-reactive ketones (excluding diaryl/α,β-unsaturated/α-hetero) is 1. The molecule has 0 unspecified atom stereocenters. The molecule has 2 heterocycles. The van der Waals surface area contributed by atoms with Crippen LogP contribution in [-0.4, -0.2) is 45.3 Å². The molecule has 1 atom stereocenters. The Kier molecular flexibility index (Phi) is 6.38. The summed E-state index contributed by atoms with van der Waals surface area (Å²) >= 11 is 0. The second kappa shape index (κ2) is 9.81. The van der Waals surface area contributed by atoms with Gasteiger partial charge in [0.2, 0.25) is 0 Å². The Balaban J connectivity index is 1.56. The van der Waals surface area contributed by atoms with Gasteiger partial charge in [0, 0.05) is 41.3 Å². The van der Waals surface area contributed by atoms with Gasteiger partial charge in [-0.1, -0.05) is 0 Å². The minimum Gasteiger partial charge on any atom is -0.507 e. The number of rotatable bonds is 7. The van der Waals surface area contributed by atoms with Crippen LogP contribution in [0.3, 0.4) is 0 Å². The Bertz CT molecular complexity index is 1590. The van der Waals surface area contributed by atoms with E-state index in [4.69, 9.17) is 4.74 Å². The van der Waals surface area contributed by atoms with Gasteiger partial charge in [0.05, 0.1) is 23.6 Å². The number of fused-ring (bicyclic) bond motifs is 1. The van der Waals surface area contributed by atoms with Gasteiger partial charge in [-0.2, -0.15) is 0 Å². The zero-order chi connectivity index (χ0) is 27.0. The van der Waals surface area contributed by atoms with Gasteiger partial charge in [0.15, 0.2) is 0 Å². The molecule has 1 aliphatic heterocycles. The molecule has 0 bridgehead atoms. The summed E-state index contributed by atoms with van der Waals surface area (Å²) < 4.78 is 18.8. The van der Waals surface area contributed by atoms with E-state index >= 15 is 0 Å². The summed E-state index contributed by atoms with van der Waals surface area (Å²) in [6.07, 6.45) is 2.19. The third-order valence-corrected chi connectivity index (χ3v) is 6.67. The highest BCUT2D eigenvalue weighted by atomic mass is 19.1. The van der Waals surface area contributed by atoms with Crippen molar-refractivity contribution in [1.29, 1.82) is 0 Å². The molecule has 1 aliphatic rings. The van der Waals surface area contributed by atoms with Crippen molar-refractivity contribution in [3.05, 3.63) is 111 Å². The lowest BCUT2D eigenvalue weighted by molar-refractivity contribution is -0.384. The highest BCUT2D eigenvalue weighted by Gasteiger charge is 2.46. The van der Waals surface area contributed by atoms with E-state index in [0.29, 0.717) is 17.7 Å². The van der Waals surface area contributed by atoms with Crippen molar-refractivity contribution in [3.63, 3.8) is 0 Å². The number of carbonyl (C=O) groups excluding carboxylic acids is 2. The van der Waals surface area contributed by atoms with Gasteiger partial charge < -0.3 is 19.7 Å². The van der Waals surface area contributed by atoms with Gasteiger partial charge in [-0.15, -0.1) is 0 Å². The number of benzene rings is 3. The van der Waals surface area contributed by atoms with Crippen LogP contribution in [0.2, 0.25) is 0 Å². The molecule has 5 rings (SSSR count). The predicted molar refractivity (Wildman–Crippen MR) is 137 cm³/mol. The molecule has 10 heteroatoms. The van der Waals surface area contributed by atoms with Gasteiger partial charge in [0.25, 0.3) is 17.4 Å². The quantitative estimate of drug-likeness (QED) is 0.119. The molecule has 0 aliphatic carbocycles. The number of carbonyl (C=O) groups is 2. The highest BCUT2D eigenvalue weighted by Crippen LogP contribution is 2.40. The SMILES string of the molecule is COc1ccc2[nH]cc(CCN3C(=O)C(=O)C(=C(O)c4ccc(F)cc4)[C@@H]3c3ccc([N+](=O)[O-])cc3)c2c1. The zero-order valence-corrected chi connectivity index (χ0v) is 20.2. The van der Waals surface area contributed by atoms with E-state index < -0.39 is 34.2 Å². The second-order valence-corrected chi connectivity index (χ2v) is 8.82. The van der Waals surface area contributed by atoms with Crippen LogP contribution < -0.4 is 4.74 Å². The monoisotopic (exact) mass is 515 g/mol. The molecule has 0 saturated carbocycles. The lowest BCUT2D eigenvalue weighted by Crippen LogP contribution is -2.31. The average Bonchev–Trinajstić information content (AvgIpc) is 3.44. The number of nitrogens with zero attached hydrogens (tertiary/aromatic N) is 2. The third kappa shape index (κ3) is 4.36. The lowest BCUT2D eigenvalue weighted by atomic mass is 9.95. The summed E-state index contributed by atoms with van der Waals surface area (Å²) in [5, 5.41) is 23.1. The summed E-state index contributed by atoms with van der Waals surface area (Å²) in [6, 6.07) is 14.9. The summed E-state index contributed by atoms with van der Waals surface area (Å²) in [5.41, 5.74) is 2.03. The zero-order valence-electron chi connectivity index (χ0n) is 20.2. The van der Waals surface area contributed by atoms with Crippen molar-refractivity contribution in [2.24, 2.45) is 0 Å². The van der Waals surface area contributed by atoms with E-state index in [0.717, 1.165) is 28.6 Å². The summed E-state index contributed by atoms with van der Waals surface area (Å²) in [4.78, 5) is 41.6. The van der Waals surface area contributed by atoms with Crippen molar-refractivity contribution in [3.8, 4) is 5.75 Å². The smallest absolute Gasteiger partial charge is 0.295 e. The van der Waals surface area contributed by atoms with Crippen LogP contribution in [0.5, 0.6) is 5.75 Å². The van der Waals surface area contributed by atoms with E-state index in [9.17, 15) is 29.2 Å². The molecule has 1 amide bonds. The molecular formula is C28H22FN3O6. The number of nitro benzene ring substituents is 1. The van der Waals surface area contributed by atoms with E-state index in [1.165, 1.54) is 41.3 Å². The predicted octanol–water partition coefficient (Wildman–Crippen LogP) is 4.89. The fraction of sp³-hybridized carbons (Fsp3) is 0.143. The first-order valence-corrected chi connectivity index (χ1v) is 11.7. The Morgan fingerprint density at radius 1 is 1.11 bits per heavy atom. The number of ketones is 1. The van der Waals surface area contributed by atoms with Crippen LogP contribution in [0.15, 0.2) is 78.5 Å². The molecule has 1 aromatic heterocycles. The summed E-state index contributed by atoms with van der Waals surface area (Å²) in [5.74, 6) is -2.01. The van der Waals surface area contributed by atoms with Crippen molar-refractivity contribution in [1.82, 2.24) is 9.88 Å². The fourth-order valence-corrected chi connectivity index (χ4v) is 4.73. The number of aliphatic hydroxyl groups is 1. The number of nitro groups is 1. The van der Waals surface area contributed by atoms with Crippen LogP contribution in [0.25, 0.3) is 16.7 Å². The number of aliphatic hydroxyl groups excluding tert-OH is 1. The molecule has 192 valence electrons. The number of methoxy groups -OCH3 is 1. The molecule has 2 N–H and O–H groups in total. The van der Waals surface area contributed by atoms with Crippen LogP contribution >= 0.6 is 0 Å². The maximum Gasteiger partial charge on any atom is 0.295 e. The number of ether oxygens (including phenoxy) is 1. The van der Waals surface area contributed by atoms with E-state index in [1.54, 1.807) is 7.11 Å². The number of halogens is 1. The number of non-ortho nitro benzene ring substituents is 1. The van der Waals surface area contributed by atoms with Gasteiger partial charge in [0.1, 0.15) is 17.3 Å². The number of amides is 1. The molecule has 4 aromatic rings. The largest absolute Gasteiger partial charge is 0.507 e. The van der Waals surface area contributed by atoms with Crippen LogP contribution in [0, 0.1) is 15.9 Å². The van der Waals surface area contributed by atoms with Gasteiger partial charge in [-0.25, -0.2) is 4.39 Å². The Labute approximate surface area is 215 Å². The molecule has 1 saturated heterocycles. The summed E-state index contributed by atoms with van der Waals surface area (Å²) in [7, 11) is 1.57. The van der Waals surface area contributed by atoms with E-state index in [-0.39, 0.29) is 23.4 Å². The first kappa shape index (κ1) is 24.7. The highest BCUT2D eigenvalue weighted by molar-refractivity contribution is 6.46. The van der Waals surface area contributed by atoms with Crippen molar-refractivity contribution < 1.29 is 28.7 Å². The molecule has 0 spiro atoms. The minimum absolute atomic E-state index is 0.122. The first-order chi connectivity index (χ1) is 18.3. The number of aromatic nitrogens is 1. The van der Waals surface area contributed by atoms with Crippen molar-refractivity contribution in [2.45, 2.75) is 12.5 Å². The maximum atomic E-state index is 13.5. The van der Waals surface area contributed by atoms with Crippen LogP contribution in [0.1, 0.15) is 22.7 Å². The number of likely N-dealkylation sites (tertiary alicyclic amines) is 1. The Hall–Kier alpha value is -4.99. The molecular weight excluding hydrogens is 493 g/mol. The Morgan fingerprint density at radius 3 is 2.47 bits per heavy atom. The Morgan fingerprint density at radius 2 is 1.82 bits per heavy atom. The van der Waals surface area contributed by atoms with Gasteiger partial charge >= 0.3 is 0 Å². The summed E-state index contributed by atoms with van der Waals surface area (Å²) in [6.45, 7) is 0.122. The number of nitrogens with one attached hydrogen (secondary N) is 1. The van der Waals surface area contributed by atoms with E-state index in [2.05, 4.69) is 4.98 Å². The normalized spacial score (nSPS) is 16.8.